The predicted molar refractivity (Wildman–Crippen MR) is 83.9 cm³/mol. The molecule has 2 aliphatic heterocycles. The van der Waals surface area contributed by atoms with Crippen LogP contribution in [0.3, 0.4) is 0 Å². The fourth-order valence-electron chi connectivity index (χ4n) is 3.25. The van der Waals surface area contributed by atoms with E-state index in [0.29, 0.717) is 38.0 Å². The topological polar surface area (TPSA) is 53.7 Å². The molecule has 23 heavy (non-hydrogen) atoms. The van der Waals surface area contributed by atoms with Gasteiger partial charge in [0.1, 0.15) is 22.3 Å². The maximum Gasteiger partial charge on any atom is 0.136 e. The summed E-state index contributed by atoms with van der Waals surface area (Å²) in [4.78, 5) is 4.53. The van der Waals surface area contributed by atoms with Crippen molar-refractivity contribution in [2.75, 3.05) is 26.4 Å². The van der Waals surface area contributed by atoms with Gasteiger partial charge in [-0.3, -0.25) is 0 Å². The van der Waals surface area contributed by atoms with Crippen LogP contribution in [-0.4, -0.2) is 31.4 Å². The molecule has 4 heterocycles. The van der Waals surface area contributed by atoms with E-state index in [1.807, 2.05) is 12.1 Å². The first-order valence-corrected chi connectivity index (χ1v) is 8.21. The molecule has 0 N–H and O–H groups in total. The van der Waals surface area contributed by atoms with Crippen LogP contribution < -0.4 is 4.74 Å². The number of hydrogen-bond donors (Lipinski definition) is 0. The summed E-state index contributed by atoms with van der Waals surface area (Å²) in [6, 6.07) is 5.61. The molecular formula is C17H18ClNO4. The van der Waals surface area contributed by atoms with Crippen LogP contribution >= 0.6 is 11.6 Å². The molecule has 0 amide bonds. The van der Waals surface area contributed by atoms with Gasteiger partial charge in [-0.2, -0.15) is 0 Å². The van der Waals surface area contributed by atoms with Crippen molar-refractivity contribution in [3.8, 4) is 5.75 Å². The highest BCUT2D eigenvalue weighted by Gasteiger charge is 2.44. The van der Waals surface area contributed by atoms with Gasteiger partial charge in [0, 0.05) is 37.5 Å². The van der Waals surface area contributed by atoms with Crippen LogP contribution in [0.4, 0.5) is 0 Å². The van der Waals surface area contributed by atoms with Crippen LogP contribution in [0, 0.1) is 0 Å². The Morgan fingerprint density at radius 1 is 1.35 bits per heavy atom. The molecule has 1 unspecified atom stereocenters. The maximum atomic E-state index is 6.22. The number of furan rings is 1. The second kappa shape index (κ2) is 6.15. The monoisotopic (exact) mass is 335 g/mol. The fraction of sp³-hybridized carbons (Fsp3) is 0.471. The number of ether oxygens (including phenoxy) is 3. The summed E-state index contributed by atoms with van der Waals surface area (Å²) in [6.45, 7) is 2.39. The standard InChI is InChI=1S/C17H18ClNO4/c18-15-10-14(22-7-3-12-2-1-6-21-12)13-4-8-23-17(16(13)19-15)5-9-20-11-17/h1-2,6,10H,3-5,7-9,11H2. The van der Waals surface area contributed by atoms with Gasteiger partial charge in [-0.25, -0.2) is 4.98 Å². The lowest BCUT2D eigenvalue weighted by atomic mass is 9.90. The molecule has 1 atom stereocenters. The van der Waals surface area contributed by atoms with Crippen molar-refractivity contribution >= 4 is 11.6 Å². The van der Waals surface area contributed by atoms with E-state index in [9.17, 15) is 0 Å². The van der Waals surface area contributed by atoms with Crippen molar-refractivity contribution in [1.29, 1.82) is 0 Å². The highest BCUT2D eigenvalue weighted by molar-refractivity contribution is 6.29. The van der Waals surface area contributed by atoms with E-state index in [2.05, 4.69) is 4.98 Å². The number of fused-ring (bicyclic) bond motifs is 2. The zero-order chi connectivity index (χ0) is 15.7. The number of pyridine rings is 1. The normalized spacial score (nSPS) is 23.2. The second-order valence-electron chi connectivity index (χ2n) is 5.84. The Labute approximate surface area is 139 Å². The second-order valence-corrected chi connectivity index (χ2v) is 6.23. The molecule has 1 spiro atoms. The lowest BCUT2D eigenvalue weighted by Gasteiger charge is -2.34. The third-order valence-electron chi connectivity index (χ3n) is 4.39. The van der Waals surface area contributed by atoms with Crippen molar-refractivity contribution in [1.82, 2.24) is 4.98 Å². The van der Waals surface area contributed by atoms with Gasteiger partial charge in [-0.15, -0.1) is 0 Å². The van der Waals surface area contributed by atoms with E-state index in [0.717, 1.165) is 35.6 Å². The molecule has 0 bridgehead atoms. The summed E-state index contributed by atoms with van der Waals surface area (Å²) in [5.74, 6) is 1.70. The summed E-state index contributed by atoms with van der Waals surface area (Å²) in [6.07, 6.45) is 3.96. The van der Waals surface area contributed by atoms with Crippen molar-refractivity contribution in [3.05, 3.63) is 46.6 Å². The molecule has 2 aromatic rings. The minimum Gasteiger partial charge on any atom is -0.493 e. The Morgan fingerprint density at radius 2 is 2.30 bits per heavy atom. The van der Waals surface area contributed by atoms with Gasteiger partial charge >= 0.3 is 0 Å². The van der Waals surface area contributed by atoms with E-state index in [-0.39, 0.29) is 0 Å². The Hall–Kier alpha value is -1.56. The number of nitrogens with zero attached hydrogens (tertiary/aromatic N) is 1. The minimum atomic E-state index is -0.461. The lowest BCUT2D eigenvalue weighted by molar-refractivity contribution is -0.0670. The van der Waals surface area contributed by atoms with Crippen molar-refractivity contribution in [2.45, 2.75) is 24.9 Å². The van der Waals surface area contributed by atoms with E-state index in [1.165, 1.54) is 0 Å². The maximum absolute atomic E-state index is 6.22. The van der Waals surface area contributed by atoms with Gasteiger partial charge in [0.25, 0.3) is 0 Å². The molecule has 122 valence electrons. The molecule has 4 rings (SSSR count). The van der Waals surface area contributed by atoms with Crippen LogP contribution in [0.1, 0.15) is 23.4 Å². The molecule has 0 saturated carbocycles. The van der Waals surface area contributed by atoms with Crippen LogP contribution in [0.5, 0.6) is 5.75 Å². The molecule has 6 heteroatoms. The molecular weight excluding hydrogens is 318 g/mol. The molecule has 1 fully saturated rings. The van der Waals surface area contributed by atoms with E-state index >= 15 is 0 Å². The van der Waals surface area contributed by atoms with E-state index in [1.54, 1.807) is 12.3 Å². The Balaban J connectivity index is 1.59. The predicted octanol–water partition coefficient (Wildman–Crippen LogP) is 3.14. The molecule has 2 aromatic heterocycles. The summed E-state index contributed by atoms with van der Waals surface area (Å²) in [5.41, 5.74) is 1.50. The van der Waals surface area contributed by atoms with Gasteiger partial charge in [-0.05, 0) is 12.1 Å². The minimum absolute atomic E-state index is 0.425. The van der Waals surface area contributed by atoms with Gasteiger partial charge < -0.3 is 18.6 Å². The third-order valence-corrected chi connectivity index (χ3v) is 4.58. The average Bonchev–Trinajstić information content (AvgIpc) is 3.21. The highest BCUT2D eigenvalue weighted by Crippen LogP contribution is 2.42. The lowest BCUT2D eigenvalue weighted by Crippen LogP contribution is -2.37. The average molecular weight is 336 g/mol. The van der Waals surface area contributed by atoms with Crippen LogP contribution in [0.2, 0.25) is 5.15 Å². The van der Waals surface area contributed by atoms with Gasteiger partial charge in [0.2, 0.25) is 0 Å². The zero-order valence-corrected chi connectivity index (χ0v) is 13.5. The first kappa shape index (κ1) is 15.0. The van der Waals surface area contributed by atoms with E-state index < -0.39 is 5.60 Å². The van der Waals surface area contributed by atoms with Crippen LogP contribution in [0.25, 0.3) is 0 Å². The molecule has 2 aliphatic rings. The Kier molecular flexibility index (Phi) is 4.01. The van der Waals surface area contributed by atoms with Crippen molar-refractivity contribution in [3.63, 3.8) is 0 Å². The first-order chi connectivity index (χ1) is 11.3. The Bertz CT molecular complexity index is 680. The Morgan fingerprint density at radius 3 is 3.09 bits per heavy atom. The first-order valence-electron chi connectivity index (χ1n) is 7.84. The summed E-state index contributed by atoms with van der Waals surface area (Å²) < 4.78 is 22.9. The molecule has 0 aliphatic carbocycles. The van der Waals surface area contributed by atoms with Crippen molar-refractivity contribution in [2.24, 2.45) is 0 Å². The van der Waals surface area contributed by atoms with Gasteiger partial charge in [0.05, 0.1) is 31.8 Å². The number of hydrogen-bond acceptors (Lipinski definition) is 5. The summed E-state index contributed by atoms with van der Waals surface area (Å²) >= 11 is 6.22. The van der Waals surface area contributed by atoms with Gasteiger partial charge in [0.15, 0.2) is 0 Å². The van der Waals surface area contributed by atoms with E-state index in [4.69, 9.17) is 30.2 Å². The summed E-state index contributed by atoms with van der Waals surface area (Å²) in [7, 11) is 0. The smallest absolute Gasteiger partial charge is 0.136 e. The van der Waals surface area contributed by atoms with Crippen LogP contribution in [0.15, 0.2) is 28.9 Å². The largest absolute Gasteiger partial charge is 0.493 e. The fourth-order valence-corrected chi connectivity index (χ4v) is 3.43. The van der Waals surface area contributed by atoms with Crippen LogP contribution in [-0.2, 0) is 27.9 Å². The highest BCUT2D eigenvalue weighted by atomic mass is 35.5. The number of rotatable bonds is 4. The third kappa shape index (κ3) is 2.84. The zero-order valence-electron chi connectivity index (χ0n) is 12.7. The molecule has 5 nitrogen and oxygen atoms in total. The van der Waals surface area contributed by atoms with Crippen molar-refractivity contribution < 1.29 is 18.6 Å². The quantitative estimate of drug-likeness (QED) is 0.803. The summed E-state index contributed by atoms with van der Waals surface area (Å²) in [5, 5.41) is 0.425. The number of halogens is 1. The SMILES string of the molecule is Clc1cc(OCCc2ccco2)c2c(n1)C1(CCOC1)OCC2. The number of aromatic nitrogens is 1. The molecule has 1 saturated heterocycles. The molecule has 0 aromatic carbocycles. The van der Waals surface area contributed by atoms with Gasteiger partial charge in [-0.1, -0.05) is 11.6 Å². The molecule has 0 radical (unpaired) electrons.